The smallest absolute Gasteiger partial charge is 0.191 e. The molecule has 0 aromatic heterocycles. The van der Waals surface area contributed by atoms with Crippen LogP contribution in [0.5, 0.6) is 5.75 Å². The molecule has 7 heteroatoms. The van der Waals surface area contributed by atoms with Gasteiger partial charge in [0, 0.05) is 30.1 Å². The number of hydrogen-bond acceptors (Lipinski definition) is 4. The molecule has 2 N–H and O–H groups in total. The normalized spacial score (nSPS) is 17.4. The maximum Gasteiger partial charge on any atom is 0.191 e. The summed E-state index contributed by atoms with van der Waals surface area (Å²) < 4.78 is 11.3. The summed E-state index contributed by atoms with van der Waals surface area (Å²) in [6.45, 7) is 11.9. The lowest BCUT2D eigenvalue weighted by Gasteiger charge is -2.35. The number of aryl methyl sites for hydroxylation is 1. The number of aliphatic imine (C=N–C) groups is 1. The fourth-order valence-electron chi connectivity index (χ4n) is 3.42. The highest BCUT2D eigenvalue weighted by atomic mass is 127. The Kier molecular flexibility index (Phi) is 11.6. The Balaban J connectivity index is 0.00000392. The number of thioether (sulfide) groups is 1. The zero-order valence-electron chi connectivity index (χ0n) is 17.8. The van der Waals surface area contributed by atoms with Gasteiger partial charge in [-0.25, -0.2) is 0 Å². The Morgan fingerprint density at radius 1 is 1.32 bits per heavy atom. The van der Waals surface area contributed by atoms with Crippen LogP contribution < -0.4 is 15.4 Å². The van der Waals surface area contributed by atoms with E-state index in [1.54, 1.807) is 7.11 Å². The van der Waals surface area contributed by atoms with Crippen molar-refractivity contribution in [2.45, 2.75) is 51.3 Å². The van der Waals surface area contributed by atoms with E-state index in [4.69, 9.17) is 14.5 Å². The quantitative estimate of drug-likeness (QED) is 0.299. The Morgan fingerprint density at radius 3 is 2.64 bits per heavy atom. The van der Waals surface area contributed by atoms with Crippen LogP contribution in [0.1, 0.15) is 50.8 Å². The van der Waals surface area contributed by atoms with Gasteiger partial charge in [-0.15, -0.1) is 24.0 Å². The summed E-state index contributed by atoms with van der Waals surface area (Å²) in [6.07, 6.45) is 2.13. The lowest BCUT2D eigenvalue weighted by atomic mass is 9.99. The molecule has 1 aromatic carbocycles. The van der Waals surface area contributed by atoms with Crippen LogP contribution in [-0.4, -0.2) is 49.9 Å². The van der Waals surface area contributed by atoms with E-state index < -0.39 is 0 Å². The van der Waals surface area contributed by atoms with Crippen LogP contribution in [0.2, 0.25) is 0 Å². The second kappa shape index (κ2) is 12.8. The van der Waals surface area contributed by atoms with E-state index in [1.807, 2.05) is 17.8 Å². The standard InChI is InChI=1S/C21H35N3O2S.HI/c1-6-22-20(23-15-21(27-7-2)10-12-26-13-11-21)24-17(4)18-14-16(3)8-9-19(18)25-5;/h8-9,14,17H,6-7,10-13,15H2,1-5H3,(H2,22,23,24);1H. The van der Waals surface area contributed by atoms with E-state index >= 15 is 0 Å². The molecule has 0 aliphatic carbocycles. The second-order valence-corrected chi connectivity index (χ2v) is 8.77. The number of methoxy groups -OCH3 is 1. The van der Waals surface area contributed by atoms with Gasteiger partial charge in [-0.3, -0.25) is 4.99 Å². The molecule has 1 aliphatic rings. The first-order chi connectivity index (χ1) is 13.0. The van der Waals surface area contributed by atoms with Crippen LogP contribution >= 0.6 is 35.7 Å². The molecule has 1 heterocycles. The number of halogens is 1. The highest BCUT2D eigenvalue weighted by Gasteiger charge is 2.32. The van der Waals surface area contributed by atoms with Crippen LogP contribution in [0, 0.1) is 6.92 Å². The van der Waals surface area contributed by atoms with Crippen molar-refractivity contribution >= 4 is 41.7 Å². The number of nitrogens with zero attached hydrogens (tertiary/aromatic N) is 1. The summed E-state index contributed by atoms with van der Waals surface area (Å²) in [5.74, 6) is 2.87. The number of nitrogens with one attached hydrogen (secondary N) is 2. The Morgan fingerprint density at radius 2 is 2.04 bits per heavy atom. The van der Waals surface area contributed by atoms with Gasteiger partial charge in [0.1, 0.15) is 5.75 Å². The molecule has 1 aliphatic heterocycles. The van der Waals surface area contributed by atoms with Gasteiger partial charge in [0.2, 0.25) is 0 Å². The van der Waals surface area contributed by atoms with Crippen molar-refractivity contribution in [3.8, 4) is 5.75 Å². The topological polar surface area (TPSA) is 54.9 Å². The average molecular weight is 522 g/mol. The second-order valence-electron chi connectivity index (χ2n) is 7.03. The summed E-state index contributed by atoms with van der Waals surface area (Å²) in [7, 11) is 1.72. The molecule has 1 atom stereocenters. The number of hydrogen-bond donors (Lipinski definition) is 2. The molecule has 5 nitrogen and oxygen atoms in total. The van der Waals surface area contributed by atoms with Crippen molar-refractivity contribution in [2.24, 2.45) is 4.99 Å². The molecule has 160 valence electrons. The van der Waals surface area contributed by atoms with Gasteiger partial charge >= 0.3 is 0 Å². The van der Waals surface area contributed by atoms with Crippen molar-refractivity contribution in [3.63, 3.8) is 0 Å². The summed E-state index contributed by atoms with van der Waals surface area (Å²) in [5.41, 5.74) is 2.37. The monoisotopic (exact) mass is 521 g/mol. The first-order valence-corrected chi connectivity index (χ1v) is 10.9. The Hall–Kier alpha value is -0.670. The van der Waals surface area contributed by atoms with E-state index in [9.17, 15) is 0 Å². The molecule has 0 amide bonds. The van der Waals surface area contributed by atoms with Crippen LogP contribution in [0.3, 0.4) is 0 Å². The van der Waals surface area contributed by atoms with Gasteiger partial charge in [-0.1, -0.05) is 24.6 Å². The fraction of sp³-hybridized carbons (Fsp3) is 0.667. The van der Waals surface area contributed by atoms with Gasteiger partial charge in [-0.2, -0.15) is 11.8 Å². The molecule has 1 fully saturated rings. The molecule has 1 saturated heterocycles. The largest absolute Gasteiger partial charge is 0.496 e. The molecular formula is C21H36IN3O2S. The molecule has 2 rings (SSSR count). The van der Waals surface area contributed by atoms with Crippen molar-refractivity contribution in [2.75, 3.05) is 39.2 Å². The molecule has 0 saturated carbocycles. The highest BCUT2D eigenvalue weighted by molar-refractivity contribution is 14.0. The predicted molar refractivity (Wildman–Crippen MR) is 132 cm³/mol. The van der Waals surface area contributed by atoms with E-state index in [0.717, 1.165) is 62.2 Å². The lowest BCUT2D eigenvalue weighted by Crippen LogP contribution is -2.42. The summed E-state index contributed by atoms with van der Waals surface area (Å²) in [4.78, 5) is 4.95. The first kappa shape index (κ1) is 25.4. The molecule has 1 unspecified atom stereocenters. The third-order valence-electron chi connectivity index (χ3n) is 4.93. The maximum absolute atomic E-state index is 5.58. The maximum atomic E-state index is 5.58. The van der Waals surface area contributed by atoms with Gasteiger partial charge < -0.3 is 20.1 Å². The number of ether oxygens (including phenoxy) is 2. The van der Waals surface area contributed by atoms with E-state index in [1.165, 1.54) is 5.56 Å². The van der Waals surface area contributed by atoms with Gasteiger partial charge in [0.15, 0.2) is 5.96 Å². The highest BCUT2D eigenvalue weighted by Crippen LogP contribution is 2.35. The van der Waals surface area contributed by atoms with Crippen molar-refractivity contribution in [1.82, 2.24) is 10.6 Å². The van der Waals surface area contributed by atoms with E-state index in [-0.39, 0.29) is 34.8 Å². The molecule has 0 radical (unpaired) electrons. The Bertz CT molecular complexity index is 616. The van der Waals surface area contributed by atoms with Crippen LogP contribution in [-0.2, 0) is 4.74 Å². The van der Waals surface area contributed by atoms with Gasteiger partial charge in [0.05, 0.1) is 19.7 Å². The number of guanidine groups is 1. The van der Waals surface area contributed by atoms with E-state index in [0.29, 0.717) is 0 Å². The minimum absolute atomic E-state index is 0. The molecule has 0 bridgehead atoms. The van der Waals surface area contributed by atoms with Crippen molar-refractivity contribution in [3.05, 3.63) is 29.3 Å². The Labute approximate surface area is 191 Å². The zero-order chi connectivity index (χ0) is 19.7. The third-order valence-corrected chi connectivity index (χ3v) is 6.37. The molecule has 1 aromatic rings. The number of benzene rings is 1. The summed E-state index contributed by atoms with van der Waals surface area (Å²) in [5, 5.41) is 6.95. The summed E-state index contributed by atoms with van der Waals surface area (Å²) in [6, 6.07) is 6.38. The predicted octanol–water partition coefficient (Wildman–Crippen LogP) is 4.54. The van der Waals surface area contributed by atoms with Gasteiger partial charge in [-0.05, 0) is 45.4 Å². The van der Waals surface area contributed by atoms with Crippen LogP contribution in [0.4, 0.5) is 0 Å². The minimum atomic E-state index is 0. The zero-order valence-corrected chi connectivity index (χ0v) is 21.0. The fourth-order valence-corrected chi connectivity index (χ4v) is 4.64. The van der Waals surface area contributed by atoms with Crippen LogP contribution in [0.25, 0.3) is 0 Å². The molecule has 28 heavy (non-hydrogen) atoms. The van der Waals surface area contributed by atoms with Gasteiger partial charge in [0.25, 0.3) is 0 Å². The molecular weight excluding hydrogens is 485 g/mol. The average Bonchev–Trinajstić information content (AvgIpc) is 2.67. The number of rotatable bonds is 8. The SMILES string of the molecule is CCNC(=NCC1(SCC)CCOCC1)NC(C)c1cc(C)ccc1OC.I. The van der Waals surface area contributed by atoms with Crippen molar-refractivity contribution in [1.29, 1.82) is 0 Å². The minimum Gasteiger partial charge on any atom is -0.496 e. The molecule has 0 spiro atoms. The van der Waals surface area contributed by atoms with E-state index in [2.05, 4.69) is 50.5 Å². The summed E-state index contributed by atoms with van der Waals surface area (Å²) >= 11 is 2.02. The lowest BCUT2D eigenvalue weighted by molar-refractivity contribution is 0.0793. The van der Waals surface area contributed by atoms with Crippen molar-refractivity contribution < 1.29 is 9.47 Å². The third kappa shape index (κ3) is 7.30. The first-order valence-electron chi connectivity index (χ1n) is 9.94. The van der Waals surface area contributed by atoms with Crippen LogP contribution in [0.15, 0.2) is 23.2 Å².